The standard InChI is InChI=1S/C16H23O4P/c1-3-19-15(17)16(13-21-18,20-4-2)12-8-11-14-9-6-5-7-10-14/h5-7,9-10H,3-4,8,11-13H2,1-2H3. The third-order valence-electron chi connectivity index (χ3n) is 3.28. The maximum absolute atomic E-state index is 12.2. The Kier molecular flexibility index (Phi) is 8.17. The van der Waals surface area contributed by atoms with E-state index in [1.807, 2.05) is 25.1 Å². The van der Waals surface area contributed by atoms with Crippen LogP contribution >= 0.6 is 8.46 Å². The van der Waals surface area contributed by atoms with Gasteiger partial charge in [0, 0.05) is 6.61 Å². The Labute approximate surface area is 128 Å². The molecule has 0 amide bonds. The number of hydrogen-bond donors (Lipinski definition) is 0. The predicted octanol–water partition coefficient (Wildman–Crippen LogP) is 3.64. The lowest BCUT2D eigenvalue weighted by Crippen LogP contribution is -2.45. The van der Waals surface area contributed by atoms with Crippen LogP contribution in [0.25, 0.3) is 0 Å². The van der Waals surface area contributed by atoms with Crippen LogP contribution in [0.15, 0.2) is 30.3 Å². The minimum atomic E-state index is -1.09. The molecule has 0 aliphatic rings. The summed E-state index contributed by atoms with van der Waals surface area (Å²) in [6, 6.07) is 10.1. The van der Waals surface area contributed by atoms with Crippen LogP contribution in [0.1, 0.15) is 32.3 Å². The number of carbonyl (C=O) groups is 1. The molecule has 1 aromatic carbocycles. The molecule has 0 aromatic heterocycles. The molecule has 1 unspecified atom stereocenters. The average molecular weight is 310 g/mol. The fourth-order valence-corrected chi connectivity index (χ4v) is 2.88. The summed E-state index contributed by atoms with van der Waals surface area (Å²) in [4.78, 5) is 12.2. The lowest BCUT2D eigenvalue weighted by Gasteiger charge is -2.29. The molecule has 1 rings (SSSR count). The van der Waals surface area contributed by atoms with E-state index in [-0.39, 0.29) is 14.6 Å². The topological polar surface area (TPSA) is 52.6 Å². The molecule has 0 saturated carbocycles. The van der Waals surface area contributed by atoms with Crippen molar-refractivity contribution < 1.29 is 18.8 Å². The van der Waals surface area contributed by atoms with E-state index in [9.17, 15) is 9.36 Å². The van der Waals surface area contributed by atoms with Crippen molar-refractivity contribution in [2.24, 2.45) is 0 Å². The lowest BCUT2D eigenvalue weighted by atomic mass is 9.96. The largest absolute Gasteiger partial charge is 0.464 e. The van der Waals surface area contributed by atoms with E-state index in [0.29, 0.717) is 19.6 Å². The maximum Gasteiger partial charge on any atom is 0.339 e. The zero-order valence-corrected chi connectivity index (χ0v) is 13.6. The summed E-state index contributed by atoms with van der Waals surface area (Å²) in [6.07, 6.45) is 2.27. The van der Waals surface area contributed by atoms with Gasteiger partial charge in [0.1, 0.15) is 0 Å². The average Bonchev–Trinajstić information content (AvgIpc) is 2.49. The van der Waals surface area contributed by atoms with Gasteiger partial charge in [-0.05, 0) is 38.7 Å². The molecule has 0 fully saturated rings. The molecule has 0 saturated heterocycles. The third kappa shape index (κ3) is 5.56. The van der Waals surface area contributed by atoms with Gasteiger partial charge in [-0.2, -0.15) is 0 Å². The van der Waals surface area contributed by atoms with Crippen LogP contribution in [-0.4, -0.2) is 30.9 Å². The normalized spacial score (nSPS) is 13.8. The van der Waals surface area contributed by atoms with Crippen molar-refractivity contribution in [2.45, 2.75) is 38.7 Å². The van der Waals surface area contributed by atoms with Gasteiger partial charge in [0.15, 0.2) is 14.1 Å². The molecular weight excluding hydrogens is 287 g/mol. The second-order valence-electron chi connectivity index (χ2n) is 4.77. The summed E-state index contributed by atoms with van der Waals surface area (Å²) >= 11 is 0. The second-order valence-corrected chi connectivity index (χ2v) is 5.35. The van der Waals surface area contributed by atoms with Crippen LogP contribution in [0.5, 0.6) is 0 Å². The van der Waals surface area contributed by atoms with Crippen molar-refractivity contribution >= 4 is 14.4 Å². The van der Waals surface area contributed by atoms with E-state index < -0.39 is 11.6 Å². The van der Waals surface area contributed by atoms with Gasteiger partial charge in [0.25, 0.3) is 0 Å². The van der Waals surface area contributed by atoms with E-state index in [4.69, 9.17) is 9.47 Å². The summed E-state index contributed by atoms with van der Waals surface area (Å²) in [7, 11) is -0.104. The van der Waals surface area contributed by atoms with Gasteiger partial charge in [-0.15, -0.1) is 0 Å². The summed E-state index contributed by atoms with van der Waals surface area (Å²) in [5, 5.41) is 0. The first-order valence-electron chi connectivity index (χ1n) is 7.32. The summed E-state index contributed by atoms with van der Waals surface area (Å²) < 4.78 is 21.8. The Morgan fingerprint density at radius 1 is 1.19 bits per heavy atom. The first-order valence-corrected chi connectivity index (χ1v) is 8.32. The second kappa shape index (κ2) is 9.64. The van der Waals surface area contributed by atoms with Crippen molar-refractivity contribution in [1.82, 2.24) is 0 Å². The molecule has 116 valence electrons. The Balaban J connectivity index is 2.70. The highest BCUT2D eigenvalue weighted by Crippen LogP contribution is 2.26. The van der Waals surface area contributed by atoms with E-state index >= 15 is 0 Å². The number of rotatable bonds is 10. The summed E-state index contributed by atoms with van der Waals surface area (Å²) in [5.41, 5.74) is 0.120. The molecule has 1 atom stereocenters. The van der Waals surface area contributed by atoms with E-state index in [1.165, 1.54) is 5.56 Å². The van der Waals surface area contributed by atoms with Gasteiger partial charge < -0.3 is 9.47 Å². The molecule has 0 heterocycles. The van der Waals surface area contributed by atoms with Crippen LogP contribution in [0, 0.1) is 0 Å². The van der Waals surface area contributed by atoms with Gasteiger partial charge in [-0.1, -0.05) is 30.3 Å². The van der Waals surface area contributed by atoms with E-state index in [0.717, 1.165) is 12.8 Å². The molecular formula is C16H23O4P. The Morgan fingerprint density at radius 3 is 2.48 bits per heavy atom. The van der Waals surface area contributed by atoms with Gasteiger partial charge in [0.2, 0.25) is 0 Å². The van der Waals surface area contributed by atoms with Crippen LogP contribution < -0.4 is 0 Å². The molecule has 21 heavy (non-hydrogen) atoms. The number of ether oxygens (including phenoxy) is 2. The predicted molar refractivity (Wildman–Crippen MR) is 82.8 cm³/mol. The number of carbonyl (C=O) groups excluding carboxylic acids is 1. The van der Waals surface area contributed by atoms with Gasteiger partial charge in [-0.25, -0.2) is 4.79 Å². The highest BCUT2D eigenvalue weighted by atomic mass is 31.1. The van der Waals surface area contributed by atoms with Crippen molar-refractivity contribution in [3.8, 4) is 0 Å². The number of benzene rings is 1. The molecule has 1 aromatic rings. The van der Waals surface area contributed by atoms with Crippen LogP contribution in [0.4, 0.5) is 0 Å². The molecule has 0 aliphatic carbocycles. The van der Waals surface area contributed by atoms with Crippen LogP contribution in [-0.2, 0) is 25.3 Å². The zero-order valence-electron chi connectivity index (χ0n) is 12.7. The minimum absolute atomic E-state index is 0.104. The Bertz CT molecular complexity index is 435. The number of hydrogen-bond acceptors (Lipinski definition) is 4. The molecule has 0 bridgehead atoms. The zero-order chi connectivity index (χ0) is 15.6. The molecule has 5 heteroatoms. The van der Waals surface area contributed by atoms with Gasteiger partial charge in [0.05, 0.1) is 12.8 Å². The van der Waals surface area contributed by atoms with Gasteiger partial charge >= 0.3 is 5.97 Å². The van der Waals surface area contributed by atoms with Crippen molar-refractivity contribution in [3.63, 3.8) is 0 Å². The van der Waals surface area contributed by atoms with Crippen molar-refractivity contribution in [3.05, 3.63) is 35.9 Å². The first-order chi connectivity index (χ1) is 10.2. The van der Waals surface area contributed by atoms with Crippen LogP contribution in [0.2, 0.25) is 0 Å². The van der Waals surface area contributed by atoms with Crippen LogP contribution in [0.3, 0.4) is 0 Å². The molecule has 4 nitrogen and oxygen atoms in total. The van der Waals surface area contributed by atoms with Crippen molar-refractivity contribution in [1.29, 1.82) is 0 Å². The summed E-state index contributed by atoms with van der Waals surface area (Å²) in [5.74, 6) is -0.414. The summed E-state index contributed by atoms with van der Waals surface area (Å²) in [6.45, 7) is 4.27. The lowest BCUT2D eigenvalue weighted by molar-refractivity contribution is -0.169. The SMILES string of the molecule is CCOC(=O)C(CCCc1ccccc1)(CP=O)OCC. The fourth-order valence-electron chi connectivity index (χ4n) is 2.29. The minimum Gasteiger partial charge on any atom is -0.464 e. The number of aryl methyl sites for hydroxylation is 1. The first kappa shape index (κ1) is 17.8. The highest BCUT2D eigenvalue weighted by molar-refractivity contribution is 7.23. The molecule has 0 radical (unpaired) electrons. The van der Waals surface area contributed by atoms with E-state index in [2.05, 4.69) is 12.1 Å². The van der Waals surface area contributed by atoms with Gasteiger partial charge in [-0.3, -0.25) is 4.57 Å². The monoisotopic (exact) mass is 310 g/mol. The highest BCUT2D eigenvalue weighted by Gasteiger charge is 2.40. The Morgan fingerprint density at radius 2 is 1.90 bits per heavy atom. The van der Waals surface area contributed by atoms with Crippen molar-refractivity contribution in [2.75, 3.05) is 19.4 Å². The quantitative estimate of drug-likeness (QED) is 0.489. The Hall–Kier alpha value is -1.25. The smallest absolute Gasteiger partial charge is 0.339 e. The van der Waals surface area contributed by atoms with E-state index in [1.54, 1.807) is 6.92 Å². The molecule has 0 spiro atoms. The maximum atomic E-state index is 12.2. The molecule has 0 aliphatic heterocycles. The third-order valence-corrected chi connectivity index (χ3v) is 3.92. The molecule has 0 N–H and O–H groups in total. The number of esters is 1. The fraction of sp³-hybridized carbons (Fsp3) is 0.562.